The Morgan fingerprint density at radius 2 is 1.35 bits per heavy atom. The zero-order valence-electron chi connectivity index (χ0n) is 35.6. The second-order valence-electron chi connectivity index (χ2n) is 16.2. The molecule has 1 aromatic rings. The standard InChI is InChI=1S/C41H58N8O13/c1-22-34(55)43-23(2)35(56)48-28(20-32(52)53)37(58)45-24(3)40(61)62-21-41(4,5)33(54)39(60)49-18-10-9-13-29(49)38(59)46-26(15-14-25-11-7-6-8-12-25)19-31(51)47-27(36(57)44-22)16-17-30(42)50/h6-8,11-12,22-24,26-29H,9-10,13-21H2,1-5H3,(H2,42,50)(H,43,55)(H,44,57)(H,45,58)(H,46,59)(H,47,51)(H,48,56)(H,52,53)/t22-,23-,24+,26+,27-,28?,29-/m0/s1. The van der Waals surface area contributed by atoms with Crippen LogP contribution in [0.3, 0.4) is 0 Å². The number of carbonyl (C=O) groups is 11. The zero-order valence-corrected chi connectivity index (χ0v) is 35.6. The maximum Gasteiger partial charge on any atom is 0.328 e. The molecule has 0 aromatic heterocycles. The summed E-state index contributed by atoms with van der Waals surface area (Å²) in [4.78, 5) is 145. The minimum absolute atomic E-state index is 0.0523. The van der Waals surface area contributed by atoms with E-state index in [1.165, 1.54) is 34.6 Å². The lowest BCUT2D eigenvalue weighted by molar-refractivity contribution is -0.159. The number of carboxylic acids is 1. The number of rotatable bonds is 8. The number of Topliss-reactive ketones (excluding diaryl/α,β-unsaturated/α-hetero) is 1. The van der Waals surface area contributed by atoms with Crippen molar-refractivity contribution in [2.24, 2.45) is 11.1 Å². The maximum absolute atomic E-state index is 14.0. The van der Waals surface area contributed by atoms with Crippen molar-refractivity contribution in [2.75, 3.05) is 13.2 Å². The van der Waals surface area contributed by atoms with E-state index in [0.717, 1.165) is 10.5 Å². The molecule has 340 valence electrons. The van der Waals surface area contributed by atoms with E-state index in [0.29, 0.717) is 19.3 Å². The molecule has 21 nitrogen and oxygen atoms in total. The number of carboxylic acid groups (broad SMARTS) is 1. The number of amides is 8. The Morgan fingerprint density at radius 3 is 1.98 bits per heavy atom. The molecule has 8 amide bonds. The summed E-state index contributed by atoms with van der Waals surface area (Å²) >= 11 is 0. The number of aliphatic carboxylic acids is 1. The molecule has 0 bridgehead atoms. The van der Waals surface area contributed by atoms with Crippen LogP contribution in [-0.4, -0.2) is 130 Å². The van der Waals surface area contributed by atoms with Gasteiger partial charge in [-0.1, -0.05) is 30.3 Å². The SMILES string of the molecule is C[C@@H]1NC(=O)[C@H](C)NC(=O)[C@H](CCC(N)=O)NC(=O)C[C@@H](CCc2ccccc2)NC(=O)[C@@H]2CCCCN2C(=O)C(=O)C(C)(C)COC(=O)[C@@H](C)NC(=O)C(CC(=O)O)NC1=O. The van der Waals surface area contributed by atoms with Gasteiger partial charge in [0.15, 0.2) is 0 Å². The summed E-state index contributed by atoms with van der Waals surface area (Å²) in [6, 6.07) is -0.0679. The summed E-state index contributed by atoms with van der Waals surface area (Å²) in [6.45, 7) is 5.84. The molecule has 0 spiro atoms. The first kappa shape index (κ1) is 49.9. The van der Waals surface area contributed by atoms with E-state index in [2.05, 4.69) is 31.9 Å². The molecule has 21 heteroatoms. The van der Waals surface area contributed by atoms with Gasteiger partial charge in [0.05, 0.1) is 11.8 Å². The number of piperidine rings is 1. The van der Waals surface area contributed by atoms with E-state index in [1.807, 2.05) is 30.3 Å². The average Bonchev–Trinajstić information content (AvgIpc) is 3.22. The predicted molar refractivity (Wildman–Crippen MR) is 218 cm³/mol. The molecule has 1 aromatic carbocycles. The van der Waals surface area contributed by atoms with Gasteiger partial charge in [-0.15, -0.1) is 0 Å². The van der Waals surface area contributed by atoms with Gasteiger partial charge in [0.2, 0.25) is 47.1 Å². The van der Waals surface area contributed by atoms with Gasteiger partial charge >= 0.3 is 11.9 Å². The number of esters is 1. The number of hydrogen-bond acceptors (Lipinski definition) is 12. The van der Waals surface area contributed by atoms with Crippen LogP contribution in [0.25, 0.3) is 0 Å². The van der Waals surface area contributed by atoms with Crippen LogP contribution in [-0.2, 0) is 63.9 Å². The van der Waals surface area contributed by atoms with Crippen molar-refractivity contribution in [3.63, 3.8) is 0 Å². The number of nitrogens with one attached hydrogen (secondary N) is 6. The number of carbonyl (C=O) groups excluding carboxylic acids is 10. The highest BCUT2D eigenvalue weighted by molar-refractivity contribution is 6.38. The van der Waals surface area contributed by atoms with Gasteiger partial charge in [0.1, 0.15) is 42.9 Å². The summed E-state index contributed by atoms with van der Waals surface area (Å²) < 4.78 is 5.30. The van der Waals surface area contributed by atoms with Gasteiger partial charge in [-0.05, 0) is 78.7 Å². The quantitative estimate of drug-likeness (QED) is 0.106. The molecule has 0 aliphatic carbocycles. The van der Waals surface area contributed by atoms with Crippen LogP contribution in [0.1, 0.15) is 91.5 Å². The average molecular weight is 871 g/mol. The van der Waals surface area contributed by atoms with E-state index in [4.69, 9.17) is 10.5 Å². The normalized spacial score (nSPS) is 26.8. The minimum Gasteiger partial charge on any atom is -0.481 e. The molecule has 2 fully saturated rings. The summed E-state index contributed by atoms with van der Waals surface area (Å²) in [5.74, 6) is -10.6. The molecule has 2 heterocycles. The number of benzene rings is 1. The van der Waals surface area contributed by atoms with Crippen LogP contribution in [0, 0.1) is 5.41 Å². The number of aryl methyl sites for hydroxylation is 1. The van der Waals surface area contributed by atoms with E-state index >= 15 is 0 Å². The van der Waals surface area contributed by atoms with Crippen LogP contribution >= 0.6 is 0 Å². The van der Waals surface area contributed by atoms with Gasteiger partial charge in [0.25, 0.3) is 5.91 Å². The summed E-state index contributed by atoms with van der Waals surface area (Å²) in [6.07, 6.45) is -0.0463. The third-order valence-electron chi connectivity index (χ3n) is 10.4. The van der Waals surface area contributed by atoms with Crippen molar-refractivity contribution in [2.45, 2.75) is 135 Å². The van der Waals surface area contributed by atoms with Crippen molar-refractivity contribution < 1.29 is 62.6 Å². The molecule has 2 aliphatic rings. The third-order valence-corrected chi connectivity index (χ3v) is 10.4. The van der Waals surface area contributed by atoms with Gasteiger partial charge in [-0.25, -0.2) is 4.79 Å². The van der Waals surface area contributed by atoms with E-state index < -0.39 is 126 Å². The first-order valence-electron chi connectivity index (χ1n) is 20.5. The lowest BCUT2D eigenvalue weighted by Crippen LogP contribution is -2.58. The molecule has 0 saturated carbocycles. The lowest BCUT2D eigenvalue weighted by Gasteiger charge is -2.36. The molecular weight excluding hydrogens is 812 g/mol. The minimum atomic E-state index is -1.74. The second-order valence-corrected chi connectivity index (χ2v) is 16.2. The largest absolute Gasteiger partial charge is 0.481 e. The molecule has 62 heavy (non-hydrogen) atoms. The van der Waals surface area contributed by atoms with Gasteiger partial charge in [-0.3, -0.25) is 47.9 Å². The Kier molecular flexibility index (Phi) is 18.5. The molecular formula is C41H58N8O13. The zero-order chi connectivity index (χ0) is 46.3. The summed E-state index contributed by atoms with van der Waals surface area (Å²) in [5.41, 5.74) is 4.61. The summed E-state index contributed by atoms with van der Waals surface area (Å²) in [5, 5.41) is 24.1. The molecule has 2 saturated heterocycles. The van der Waals surface area contributed by atoms with Crippen LogP contribution in [0.15, 0.2) is 30.3 Å². The van der Waals surface area contributed by atoms with E-state index in [-0.39, 0.29) is 38.6 Å². The monoisotopic (exact) mass is 870 g/mol. The number of primary amides is 1. The number of nitrogens with zero attached hydrogens (tertiary/aromatic N) is 1. The Morgan fingerprint density at radius 1 is 0.758 bits per heavy atom. The van der Waals surface area contributed by atoms with Crippen molar-refractivity contribution in [1.82, 2.24) is 36.8 Å². The number of hydrogen-bond donors (Lipinski definition) is 8. The second kappa shape index (κ2) is 23.0. The molecule has 3 rings (SSSR count). The Balaban J connectivity index is 1.99. The highest BCUT2D eigenvalue weighted by Crippen LogP contribution is 2.24. The van der Waals surface area contributed by atoms with Gasteiger partial charge in [-0.2, -0.15) is 0 Å². The molecule has 9 N–H and O–H groups in total. The van der Waals surface area contributed by atoms with Crippen LogP contribution in [0.4, 0.5) is 0 Å². The fraction of sp³-hybridized carbons (Fsp3) is 0.585. The fourth-order valence-electron chi connectivity index (χ4n) is 6.69. The Hall–Kier alpha value is -6.41. The van der Waals surface area contributed by atoms with Crippen molar-refractivity contribution in [1.29, 1.82) is 0 Å². The van der Waals surface area contributed by atoms with E-state index in [1.54, 1.807) is 0 Å². The highest BCUT2D eigenvalue weighted by Gasteiger charge is 2.42. The van der Waals surface area contributed by atoms with Crippen LogP contribution in [0.5, 0.6) is 0 Å². The smallest absolute Gasteiger partial charge is 0.328 e. The van der Waals surface area contributed by atoms with Gasteiger partial charge < -0.3 is 52.4 Å². The topological polar surface area (TPSA) is 319 Å². The first-order chi connectivity index (χ1) is 29.1. The number of ketones is 1. The van der Waals surface area contributed by atoms with Crippen molar-refractivity contribution in [3.05, 3.63) is 35.9 Å². The highest BCUT2D eigenvalue weighted by atomic mass is 16.5. The maximum atomic E-state index is 14.0. The molecule has 0 radical (unpaired) electrons. The number of cyclic esters (lactones) is 1. The third kappa shape index (κ3) is 15.2. The van der Waals surface area contributed by atoms with E-state index in [9.17, 15) is 57.8 Å². The number of ether oxygens (including phenoxy) is 1. The van der Waals surface area contributed by atoms with Crippen molar-refractivity contribution >= 4 is 65.0 Å². The first-order valence-corrected chi connectivity index (χ1v) is 20.5. The Bertz CT molecular complexity index is 1870. The summed E-state index contributed by atoms with van der Waals surface area (Å²) in [7, 11) is 0. The predicted octanol–water partition coefficient (Wildman–Crippen LogP) is -1.75. The van der Waals surface area contributed by atoms with Crippen LogP contribution < -0.4 is 37.6 Å². The molecule has 7 atom stereocenters. The molecule has 2 aliphatic heterocycles. The molecule has 1 unspecified atom stereocenters. The fourth-order valence-corrected chi connectivity index (χ4v) is 6.69. The van der Waals surface area contributed by atoms with Crippen LogP contribution in [0.2, 0.25) is 0 Å². The van der Waals surface area contributed by atoms with Crippen molar-refractivity contribution in [3.8, 4) is 0 Å². The van der Waals surface area contributed by atoms with Gasteiger partial charge in [0, 0.05) is 25.4 Å². The lowest BCUT2D eigenvalue weighted by atomic mass is 9.87. The Labute approximate surface area is 358 Å². The number of fused-ring (bicyclic) bond motifs is 1. The number of nitrogens with two attached hydrogens (primary N) is 1.